The molecule has 4 aromatic rings. The SMILES string of the molecule is CSc1cccc(N=c2oc3ccccc3cc2C(=O)Nc2ccccn2)c1. The highest BCUT2D eigenvalue weighted by Crippen LogP contribution is 2.21. The number of nitrogens with one attached hydrogen (secondary N) is 1. The van der Waals surface area contributed by atoms with E-state index in [1.165, 1.54) is 0 Å². The van der Waals surface area contributed by atoms with Crippen molar-refractivity contribution in [1.82, 2.24) is 4.98 Å². The number of thioether (sulfide) groups is 1. The van der Waals surface area contributed by atoms with Crippen molar-refractivity contribution >= 4 is 40.1 Å². The zero-order chi connectivity index (χ0) is 19.3. The van der Waals surface area contributed by atoms with E-state index in [0.717, 1.165) is 16.0 Å². The van der Waals surface area contributed by atoms with Crippen LogP contribution in [0.25, 0.3) is 11.0 Å². The number of aromatic nitrogens is 1. The van der Waals surface area contributed by atoms with Crippen molar-refractivity contribution in [3.8, 4) is 0 Å². The maximum absolute atomic E-state index is 12.9. The van der Waals surface area contributed by atoms with Gasteiger partial charge in [-0.1, -0.05) is 30.3 Å². The van der Waals surface area contributed by atoms with Crippen LogP contribution >= 0.6 is 11.8 Å². The van der Waals surface area contributed by atoms with Crippen LogP contribution in [0, 0.1) is 0 Å². The van der Waals surface area contributed by atoms with Crippen molar-refractivity contribution in [2.45, 2.75) is 4.90 Å². The van der Waals surface area contributed by atoms with E-state index in [2.05, 4.69) is 15.3 Å². The Labute approximate surface area is 166 Å². The first-order valence-corrected chi connectivity index (χ1v) is 9.89. The van der Waals surface area contributed by atoms with E-state index < -0.39 is 0 Å². The summed E-state index contributed by atoms with van der Waals surface area (Å²) in [7, 11) is 0. The van der Waals surface area contributed by atoms with Gasteiger partial charge in [-0.2, -0.15) is 0 Å². The van der Waals surface area contributed by atoms with Gasteiger partial charge in [0.05, 0.1) is 5.69 Å². The van der Waals surface area contributed by atoms with Crippen LogP contribution in [0.4, 0.5) is 11.5 Å². The van der Waals surface area contributed by atoms with Crippen LogP contribution in [0.2, 0.25) is 0 Å². The molecule has 2 heterocycles. The number of hydrogen-bond donors (Lipinski definition) is 1. The number of pyridine rings is 1. The standard InChI is InChI=1S/C22H17N3O2S/c1-28-17-9-6-8-16(14-17)24-22-18(13-15-7-2-3-10-19(15)27-22)21(26)25-20-11-4-5-12-23-20/h2-14H,1H3,(H,23,25,26). The molecule has 2 aromatic heterocycles. The van der Waals surface area contributed by atoms with E-state index in [0.29, 0.717) is 17.0 Å². The molecule has 0 spiro atoms. The van der Waals surface area contributed by atoms with E-state index in [4.69, 9.17) is 4.42 Å². The lowest BCUT2D eigenvalue weighted by molar-refractivity contribution is 0.102. The van der Waals surface area contributed by atoms with Crippen molar-refractivity contribution in [3.05, 3.63) is 90.1 Å². The van der Waals surface area contributed by atoms with Crippen molar-refractivity contribution in [3.63, 3.8) is 0 Å². The Kier molecular flexibility index (Phi) is 5.21. The fourth-order valence-corrected chi connectivity index (χ4v) is 3.19. The normalized spacial score (nSPS) is 11.5. The number of hydrogen-bond acceptors (Lipinski definition) is 5. The molecule has 0 radical (unpaired) electrons. The summed E-state index contributed by atoms with van der Waals surface area (Å²) in [6.07, 6.45) is 3.63. The van der Waals surface area contributed by atoms with Crippen molar-refractivity contribution in [2.24, 2.45) is 4.99 Å². The van der Waals surface area contributed by atoms with E-state index in [9.17, 15) is 4.79 Å². The maximum atomic E-state index is 12.9. The number of benzene rings is 2. The van der Waals surface area contributed by atoms with Crippen molar-refractivity contribution in [1.29, 1.82) is 0 Å². The summed E-state index contributed by atoms with van der Waals surface area (Å²) in [4.78, 5) is 22.7. The molecule has 28 heavy (non-hydrogen) atoms. The Balaban J connectivity index is 1.84. The van der Waals surface area contributed by atoms with E-state index >= 15 is 0 Å². The Morgan fingerprint density at radius 3 is 2.71 bits per heavy atom. The molecule has 0 aliphatic rings. The van der Waals surface area contributed by atoms with Gasteiger partial charge in [0.15, 0.2) is 0 Å². The lowest BCUT2D eigenvalue weighted by Crippen LogP contribution is -2.22. The molecular formula is C22H17N3O2S. The second-order valence-electron chi connectivity index (χ2n) is 5.99. The Bertz CT molecular complexity index is 1200. The van der Waals surface area contributed by atoms with Gasteiger partial charge in [-0.15, -0.1) is 11.8 Å². The predicted octanol–water partition coefficient (Wildman–Crippen LogP) is 5.03. The van der Waals surface area contributed by atoms with E-state index in [-0.39, 0.29) is 11.5 Å². The molecule has 1 N–H and O–H groups in total. The van der Waals surface area contributed by atoms with E-state index in [1.807, 2.05) is 60.9 Å². The lowest BCUT2D eigenvalue weighted by Gasteiger charge is -2.06. The number of carbonyl (C=O) groups excluding carboxylic acids is 1. The molecule has 0 saturated carbocycles. The van der Waals surface area contributed by atoms with Gasteiger partial charge in [0.1, 0.15) is 17.0 Å². The van der Waals surface area contributed by atoms with Gasteiger partial charge < -0.3 is 9.73 Å². The van der Waals surface area contributed by atoms with Crippen LogP contribution in [0.1, 0.15) is 10.4 Å². The summed E-state index contributed by atoms with van der Waals surface area (Å²) in [5, 5.41) is 3.62. The van der Waals surface area contributed by atoms with Gasteiger partial charge >= 0.3 is 0 Å². The fourth-order valence-electron chi connectivity index (χ4n) is 2.73. The van der Waals surface area contributed by atoms with Crippen LogP contribution < -0.4 is 10.9 Å². The van der Waals surface area contributed by atoms with Gasteiger partial charge in [-0.3, -0.25) is 4.79 Å². The predicted molar refractivity (Wildman–Crippen MR) is 112 cm³/mol. The Morgan fingerprint density at radius 1 is 1.04 bits per heavy atom. The smallest absolute Gasteiger partial charge is 0.262 e. The second-order valence-corrected chi connectivity index (χ2v) is 6.87. The molecule has 0 bridgehead atoms. The summed E-state index contributed by atoms with van der Waals surface area (Å²) in [5.74, 6) is 0.143. The molecule has 4 rings (SSSR count). The number of fused-ring (bicyclic) bond motifs is 1. The quantitative estimate of drug-likeness (QED) is 0.499. The molecule has 0 saturated heterocycles. The topological polar surface area (TPSA) is 67.5 Å². The molecule has 0 atom stereocenters. The third-order valence-corrected chi connectivity index (χ3v) is 4.82. The molecule has 0 fully saturated rings. The van der Waals surface area contributed by atoms with Gasteiger partial charge in [0.2, 0.25) is 5.55 Å². The number of rotatable bonds is 4. The van der Waals surface area contributed by atoms with Gasteiger partial charge in [0.25, 0.3) is 5.91 Å². The number of carbonyl (C=O) groups is 1. The third kappa shape index (κ3) is 3.97. The van der Waals surface area contributed by atoms with Crippen LogP contribution in [0.15, 0.2) is 93.3 Å². The number of para-hydroxylation sites is 1. The number of nitrogens with zero attached hydrogens (tertiary/aromatic N) is 2. The Morgan fingerprint density at radius 2 is 1.89 bits per heavy atom. The second kappa shape index (κ2) is 8.10. The molecule has 1 amide bonds. The lowest BCUT2D eigenvalue weighted by atomic mass is 10.1. The van der Waals surface area contributed by atoms with Crippen LogP contribution in [-0.4, -0.2) is 17.1 Å². The first-order valence-electron chi connectivity index (χ1n) is 8.67. The summed E-state index contributed by atoms with van der Waals surface area (Å²) in [6.45, 7) is 0. The van der Waals surface area contributed by atoms with E-state index in [1.54, 1.807) is 36.2 Å². The molecular weight excluding hydrogens is 370 g/mol. The monoisotopic (exact) mass is 387 g/mol. The fraction of sp³-hybridized carbons (Fsp3) is 0.0455. The largest absolute Gasteiger partial charge is 0.438 e. The summed E-state index contributed by atoms with van der Waals surface area (Å²) in [6, 6.07) is 22.4. The summed E-state index contributed by atoms with van der Waals surface area (Å²) < 4.78 is 5.97. The average Bonchev–Trinajstić information content (AvgIpc) is 2.74. The van der Waals surface area contributed by atoms with Crippen molar-refractivity contribution < 1.29 is 9.21 Å². The average molecular weight is 387 g/mol. The van der Waals surface area contributed by atoms with Crippen LogP contribution in [0.5, 0.6) is 0 Å². The summed E-state index contributed by atoms with van der Waals surface area (Å²) >= 11 is 1.63. The number of anilines is 1. The molecule has 5 nitrogen and oxygen atoms in total. The zero-order valence-electron chi connectivity index (χ0n) is 15.1. The highest BCUT2D eigenvalue weighted by atomic mass is 32.2. The molecule has 0 unspecified atom stereocenters. The third-order valence-electron chi connectivity index (χ3n) is 4.09. The molecule has 138 valence electrons. The Hall–Kier alpha value is -3.38. The van der Waals surface area contributed by atoms with Gasteiger partial charge in [-0.25, -0.2) is 9.98 Å². The molecule has 0 aliphatic heterocycles. The van der Waals surface area contributed by atoms with Gasteiger partial charge in [-0.05, 0) is 48.7 Å². The highest BCUT2D eigenvalue weighted by molar-refractivity contribution is 7.98. The molecule has 0 aliphatic carbocycles. The van der Waals surface area contributed by atoms with Crippen LogP contribution in [0.3, 0.4) is 0 Å². The molecule has 6 heteroatoms. The van der Waals surface area contributed by atoms with Crippen molar-refractivity contribution in [2.75, 3.05) is 11.6 Å². The maximum Gasteiger partial charge on any atom is 0.262 e. The van der Waals surface area contributed by atoms with Gasteiger partial charge in [0, 0.05) is 16.5 Å². The minimum atomic E-state index is -0.326. The zero-order valence-corrected chi connectivity index (χ0v) is 15.9. The highest BCUT2D eigenvalue weighted by Gasteiger charge is 2.13. The first kappa shape index (κ1) is 18.0. The first-order chi connectivity index (χ1) is 13.7. The minimum absolute atomic E-state index is 0.255. The minimum Gasteiger partial charge on any atom is -0.438 e. The summed E-state index contributed by atoms with van der Waals surface area (Å²) in [5.41, 5.74) is 1.98. The number of amides is 1. The molecule has 2 aromatic carbocycles. The van der Waals surface area contributed by atoms with Crippen LogP contribution in [-0.2, 0) is 0 Å².